The number of hydrogen-bond donors (Lipinski definition) is 1. The summed E-state index contributed by atoms with van der Waals surface area (Å²) in [6.45, 7) is 5.62. The topological polar surface area (TPSA) is 40.5 Å². The first kappa shape index (κ1) is 14.1. The predicted octanol–water partition coefficient (Wildman–Crippen LogP) is 1.47. The van der Waals surface area contributed by atoms with Crippen molar-refractivity contribution < 1.29 is 9.90 Å². The van der Waals surface area contributed by atoms with Crippen LogP contribution in [0.2, 0.25) is 0 Å². The quantitative estimate of drug-likeness (QED) is 0.715. The number of carboxylic acids is 1. The van der Waals surface area contributed by atoms with Gasteiger partial charge in [-0.1, -0.05) is 13.8 Å². The molecule has 0 bridgehead atoms. The first-order valence-corrected chi connectivity index (χ1v) is 5.98. The molecule has 0 amide bonds. The van der Waals surface area contributed by atoms with Crippen molar-refractivity contribution in [3.63, 3.8) is 0 Å². The molecule has 1 unspecified atom stereocenters. The van der Waals surface area contributed by atoms with Crippen LogP contribution >= 0.6 is 0 Å². The van der Waals surface area contributed by atoms with Crippen molar-refractivity contribution in [2.45, 2.75) is 58.0 Å². The van der Waals surface area contributed by atoms with E-state index >= 15 is 0 Å². The van der Waals surface area contributed by atoms with Gasteiger partial charge in [-0.25, -0.2) is 0 Å². The summed E-state index contributed by atoms with van der Waals surface area (Å²) in [5.41, 5.74) is 0.472. The van der Waals surface area contributed by atoms with Crippen molar-refractivity contribution >= 4 is 24.8 Å². The van der Waals surface area contributed by atoms with Crippen molar-refractivity contribution in [2.75, 3.05) is 6.54 Å². The number of hydrogen-bond acceptors (Lipinski definition) is 2. The van der Waals surface area contributed by atoms with Crippen LogP contribution in [0.15, 0.2) is 0 Å². The van der Waals surface area contributed by atoms with Crippen LogP contribution < -0.4 is 0 Å². The maximum absolute atomic E-state index is 10.9. The first-order chi connectivity index (χ1) is 6.99. The Morgan fingerprint density at radius 3 is 2.19 bits per heavy atom. The minimum absolute atomic E-state index is 0. The number of carbonyl (C=O) groups is 1. The molecule has 1 saturated heterocycles. The Labute approximate surface area is 110 Å². The third kappa shape index (κ3) is 2.83. The molecule has 1 aliphatic carbocycles. The van der Waals surface area contributed by atoms with Gasteiger partial charge >= 0.3 is 24.8 Å². The second-order valence-corrected chi connectivity index (χ2v) is 5.78. The van der Waals surface area contributed by atoms with Crippen molar-refractivity contribution in [1.82, 2.24) is 4.90 Å². The summed E-state index contributed by atoms with van der Waals surface area (Å²) >= 11 is 0. The van der Waals surface area contributed by atoms with Gasteiger partial charge in [0.15, 0.2) is 0 Å². The average Bonchev–Trinajstić information content (AvgIpc) is 2.05. The zero-order valence-electron chi connectivity index (χ0n) is 9.70. The summed E-state index contributed by atoms with van der Waals surface area (Å²) in [5.74, 6) is -0.633. The van der Waals surface area contributed by atoms with Crippen LogP contribution in [0, 0.1) is 5.41 Å². The first-order valence-electron chi connectivity index (χ1n) is 5.98. The number of nitrogens with zero attached hydrogens (tertiary/aromatic N) is 1. The Hall–Kier alpha value is 0.0274. The molecule has 2 rings (SSSR count). The molecule has 3 nitrogen and oxygen atoms in total. The van der Waals surface area contributed by atoms with Gasteiger partial charge in [0.05, 0.1) is 0 Å². The van der Waals surface area contributed by atoms with Crippen molar-refractivity contribution in [3.05, 3.63) is 0 Å². The normalized spacial score (nSPS) is 30.2. The fraction of sp³-hybridized carbons (Fsp3) is 0.917. The van der Waals surface area contributed by atoms with Crippen LogP contribution in [-0.4, -0.2) is 53.5 Å². The van der Waals surface area contributed by atoms with E-state index in [1.54, 1.807) is 0 Å². The van der Waals surface area contributed by atoms with E-state index in [-0.39, 0.29) is 24.9 Å². The molecule has 16 heavy (non-hydrogen) atoms. The van der Waals surface area contributed by atoms with Crippen LogP contribution in [0.5, 0.6) is 0 Å². The average molecular weight is 219 g/mol. The molecule has 0 aromatic carbocycles. The van der Waals surface area contributed by atoms with Crippen LogP contribution in [0.1, 0.15) is 46.0 Å². The molecular formula is C12H22LiNO2. The summed E-state index contributed by atoms with van der Waals surface area (Å²) in [7, 11) is 0. The van der Waals surface area contributed by atoms with Gasteiger partial charge in [-0.05, 0) is 37.5 Å². The molecule has 2 fully saturated rings. The molecule has 1 heterocycles. The Balaban J connectivity index is 0.00000128. The Morgan fingerprint density at radius 2 is 1.81 bits per heavy atom. The molecular weight excluding hydrogens is 197 g/mol. The Kier molecular flexibility index (Phi) is 4.51. The number of likely N-dealkylation sites (tertiary alicyclic amines) is 1. The van der Waals surface area contributed by atoms with Gasteiger partial charge in [-0.3, -0.25) is 9.69 Å². The second-order valence-electron chi connectivity index (χ2n) is 5.78. The van der Waals surface area contributed by atoms with Gasteiger partial charge in [0.1, 0.15) is 6.04 Å². The molecule has 0 radical (unpaired) electrons. The van der Waals surface area contributed by atoms with Gasteiger partial charge in [0.2, 0.25) is 0 Å². The summed E-state index contributed by atoms with van der Waals surface area (Å²) in [6.07, 6.45) is 5.67. The van der Waals surface area contributed by atoms with Gasteiger partial charge in [-0.2, -0.15) is 0 Å². The van der Waals surface area contributed by atoms with Crippen LogP contribution in [0.4, 0.5) is 0 Å². The molecule has 1 saturated carbocycles. The zero-order chi connectivity index (χ0) is 11.1. The maximum atomic E-state index is 10.9. The number of carboxylic acid groups (broad SMARTS) is 1. The molecule has 2 aliphatic rings. The molecule has 0 spiro atoms. The summed E-state index contributed by atoms with van der Waals surface area (Å²) in [4.78, 5) is 13.1. The van der Waals surface area contributed by atoms with Crippen LogP contribution in [0.3, 0.4) is 0 Å². The predicted molar refractivity (Wildman–Crippen MR) is 65.9 cm³/mol. The third-order valence-electron chi connectivity index (χ3n) is 4.12. The molecule has 1 atom stereocenters. The van der Waals surface area contributed by atoms with Crippen molar-refractivity contribution in [3.8, 4) is 0 Å². The van der Waals surface area contributed by atoms with E-state index in [1.165, 1.54) is 25.7 Å². The monoisotopic (exact) mass is 219 g/mol. The van der Waals surface area contributed by atoms with Gasteiger partial charge in [0.25, 0.3) is 0 Å². The van der Waals surface area contributed by atoms with E-state index in [1.807, 2.05) is 0 Å². The van der Waals surface area contributed by atoms with Crippen LogP contribution in [0.25, 0.3) is 0 Å². The molecule has 0 aromatic rings. The standard InChI is InChI=1S/C12H21NO2.Li.H/c1-12(2)6-3-9(4-7-12)13-8-5-10(13)11(14)15;;/h9-10H,3-8H2,1-2H3,(H,14,15);;. The van der Waals surface area contributed by atoms with E-state index < -0.39 is 5.97 Å². The zero-order valence-corrected chi connectivity index (χ0v) is 9.70. The second kappa shape index (κ2) is 5.12. The Bertz CT molecular complexity index is 258. The molecule has 1 N–H and O–H groups in total. The van der Waals surface area contributed by atoms with Crippen LogP contribution in [-0.2, 0) is 4.79 Å². The SMILES string of the molecule is CC1(C)CCC(N2CCC2C(=O)O)CC1.[LiH]. The molecule has 0 aromatic heterocycles. The molecule has 1 aliphatic heterocycles. The van der Waals surface area contributed by atoms with Gasteiger partial charge in [0, 0.05) is 12.6 Å². The summed E-state index contributed by atoms with van der Waals surface area (Å²) in [6, 6.07) is 0.351. The van der Waals surface area contributed by atoms with E-state index in [2.05, 4.69) is 18.7 Å². The van der Waals surface area contributed by atoms with Crippen molar-refractivity contribution in [2.24, 2.45) is 5.41 Å². The molecule has 4 heteroatoms. The van der Waals surface area contributed by atoms with E-state index in [0.717, 1.165) is 13.0 Å². The molecule has 88 valence electrons. The number of rotatable bonds is 2. The Morgan fingerprint density at radius 1 is 1.25 bits per heavy atom. The summed E-state index contributed by atoms with van der Waals surface area (Å²) < 4.78 is 0. The van der Waals surface area contributed by atoms with E-state index in [0.29, 0.717) is 11.5 Å². The van der Waals surface area contributed by atoms with E-state index in [9.17, 15) is 4.79 Å². The number of aliphatic carboxylic acids is 1. The van der Waals surface area contributed by atoms with Gasteiger partial charge < -0.3 is 5.11 Å². The van der Waals surface area contributed by atoms with Crippen molar-refractivity contribution in [1.29, 1.82) is 0 Å². The van der Waals surface area contributed by atoms with Gasteiger partial charge in [-0.15, -0.1) is 0 Å². The minimum atomic E-state index is -0.633. The fourth-order valence-corrected chi connectivity index (χ4v) is 2.83. The van der Waals surface area contributed by atoms with E-state index in [4.69, 9.17) is 5.11 Å². The summed E-state index contributed by atoms with van der Waals surface area (Å²) in [5, 5.41) is 9.00. The third-order valence-corrected chi connectivity index (χ3v) is 4.12. The fourth-order valence-electron chi connectivity index (χ4n) is 2.83.